The number of piperazine rings is 1. The SMILES string of the molecule is C=CCCOC(C)C(=O)N1CCN(S(=O)(=O)c2ccc(C)cc2C)CC1. The Morgan fingerprint density at radius 1 is 1.27 bits per heavy atom. The van der Waals surface area contributed by atoms with Crippen molar-refractivity contribution in [3.63, 3.8) is 0 Å². The Morgan fingerprint density at radius 3 is 2.50 bits per heavy atom. The van der Waals surface area contributed by atoms with Gasteiger partial charge in [0.05, 0.1) is 11.5 Å². The highest BCUT2D eigenvalue weighted by atomic mass is 32.2. The molecule has 1 amide bonds. The first-order valence-electron chi connectivity index (χ1n) is 8.86. The lowest BCUT2D eigenvalue weighted by atomic mass is 10.2. The third kappa shape index (κ3) is 4.72. The van der Waals surface area contributed by atoms with Crippen LogP contribution in [0.4, 0.5) is 0 Å². The standard InChI is InChI=1S/C19H28N2O4S/c1-5-6-13-25-17(4)19(22)20-9-11-21(12-10-20)26(23,24)18-8-7-15(2)14-16(18)3/h5,7-8,14,17H,1,6,9-13H2,2-4H3. The van der Waals surface area contributed by atoms with Gasteiger partial charge in [0.15, 0.2) is 0 Å². The molecule has 1 atom stereocenters. The summed E-state index contributed by atoms with van der Waals surface area (Å²) in [6.45, 7) is 10.9. The lowest BCUT2D eigenvalue weighted by molar-refractivity contribution is -0.143. The highest BCUT2D eigenvalue weighted by Crippen LogP contribution is 2.22. The Balaban J connectivity index is 1.99. The molecule has 1 fully saturated rings. The van der Waals surface area contributed by atoms with Crippen LogP contribution < -0.4 is 0 Å². The fourth-order valence-electron chi connectivity index (χ4n) is 3.03. The van der Waals surface area contributed by atoms with Crippen LogP contribution in [0.5, 0.6) is 0 Å². The molecule has 6 nitrogen and oxygen atoms in total. The van der Waals surface area contributed by atoms with Crippen LogP contribution in [0.3, 0.4) is 0 Å². The first-order chi connectivity index (χ1) is 12.3. The van der Waals surface area contributed by atoms with Crippen molar-refractivity contribution in [1.82, 2.24) is 9.21 Å². The number of carbonyl (C=O) groups is 1. The minimum Gasteiger partial charge on any atom is -0.368 e. The average Bonchev–Trinajstić information content (AvgIpc) is 2.61. The van der Waals surface area contributed by atoms with Gasteiger partial charge >= 0.3 is 0 Å². The van der Waals surface area contributed by atoms with E-state index < -0.39 is 16.1 Å². The zero-order valence-corrected chi connectivity index (χ0v) is 16.6. The zero-order chi connectivity index (χ0) is 19.3. The van der Waals surface area contributed by atoms with Crippen LogP contribution in [0, 0.1) is 13.8 Å². The van der Waals surface area contributed by atoms with Gasteiger partial charge in [0, 0.05) is 26.2 Å². The van der Waals surface area contributed by atoms with Crippen LogP contribution >= 0.6 is 0 Å². The van der Waals surface area contributed by atoms with Crippen LogP contribution in [0.15, 0.2) is 35.7 Å². The number of nitrogens with zero attached hydrogens (tertiary/aromatic N) is 2. The predicted octanol–water partition coefficient (Wildman–Crippen LogP) is 2.12. The quantitative estimate of drug-likeness (QED) is 0.537. The number of aryl methyl sites for hydroxylation is 2. The van der Waals surface area contributed by atoms with Crippen molar-refractivity contribution in [3.8, 4) is 0 Å². The molecule has 7 heteroatoms. The Morgan fingerprint density at radius 2 is 1.92 bits per heavy atom. The van der Waals surface area contributed by atoms with Crippen molar-refractivity contribution < 1.29 is 17.9 Å². The molecule has 0 aliphatic carbocycles. The normalized spacial score (nSPS) is 17.1. The molecule has 2 rings (SSSR count). The molecule has 1 saturated heterocycles. The summed E-state index contributed by atoms with van der Waals surface area (Å²) < 4.78 is 32.7. The van der Waals surface area contributed by atoms with E-state index >= 15 is 0 Å². The van der Waals surface area contributed by atoms with Crippen molar-refractivity contribution in [2.24, 2.45) is 0 Å². The zero-order valence-electron chi connectivity index (χ0n) is 15.8. The van der Waals surface area contributed by atoms with Crippen molar-refractivity contribution in [2.75, 3.05) is 32.8 Å². The Labute approximate surface area is 156 Å². The fraction of sp³-hybridized carbons (Fsp3) is 0.526. The van der Waals surface area contributed by atoms with E-state index in [0.29, 0.717) is 44.1 Å². The molecule has 1 heterocycles. The Hall–Kier alpha value is -1.70. The van der Waals surface area contributed by atoms with E-state index in [1.165, 1.54) is 4.31 Å². The highest BCUT2D eigenvalue weighted by Gasteiger charge is 2.32. The van der Waals surface area contributed by atoms with Gasteiger partial charge in [0.1, 0.15) is 6.10 Å². The molecule has 1 unspecified atom stereocenters. The van der Waals surface area contributed by atoms with E-state index in [1.54, 1.807) is 24.0 Å². The number of benzene rings is 1. The number of carbonyl (C=O) groups excluding carboxylic acids is 1. The van der Waals surface area contributed by atoms with E-state index in [9.17, 15) is 13.2 Å². The monoisotopic (exact) mass is 380 g/mol. The van der Waals surface area contributed by atoms with Gasteiger partial charge in [0.25, 0.3) is 5.91 Å². The van der Waals surface area contributed by atoms with Gasteiger partial charge in [-0.25, -0.2) is 8.42 Å². The minimum atomic E-state index is -3.54. The molecule has 0 spiro atoms. The third-order valence-electron chi connectivity index (χ3n) is 4.54. The smallest absolute Gasteiger partial charge is 0.251 e. The van der Waals surface area contributed by atoms with E-state index in [-0.39, 0.29) is 5.91 Å². The second-order valence-electron chi connectivity index (χ2n) is 6.59. The van der Waals surface area contributed by atoms with Crippen molar-refractivity contribution >= 4 is 15.9 Å². The molecule has 0 saturated carbocycles. The van der Waals surface area contributed by atoms with Crippen LogP contribution in [0.2, 0.25) is 0 Å². The fourth-order valence-corrected chi connectivity index (χ4v) is 4.66. The summed E-state index contributed by atoms with van der Waals surface area (Å²) in [5.74, 6) is -0.0994. The molecule has 26 heavy (non-hydrogen) atoms. The molecular formula is C19H28N2O4S. The summed E-state index contributed by atoms with van der Waals surface area (Å²) >= 11 is 0. The maximum Gasteiger partial charge on any atom is 0.251 e. The number of amides is 1. The summed E-state index contributed by atoms with van der Waals surface area (Å²) in [4.78, 5) is 14.4. The second kappa shape index (κ2) is 8.79. The van der Waals surface area contributed by atoms with Gasteiger partial charge in [-0.1, -0.05) is 23.8 Å². The predicted molar refractivity (Wildman–Crippen MR) is 101 cm³/mol. The van der Waals surface area contributed by atoms with Crippen LogP contribution in [-0.2, 0) is 19.6 Å². The topological polar surface area (TPSA) is 66.9 Å². The largest absolute Gasteiger partial charge is 0.368 e. The van der Waals surface area contributed by atoms with Gasteiger partial charge in [-0.05, 0) is 38.8 Å². The number of sulfonamides is 1. The van der Waals surface area contributed by atoms with E-state index in [4.69, 9.17) is 4.74 Å². The summed E-state index contributed by atoms with van der Waals surface area (Å²) in [6, 6.07) is 5.34. The number of hydrogen-bond acceptors (Lipinski definition) is 4. The minimum absolute atomic E-state index is 0.0994. The summed E-state index contributed by atoms with van der Waals surface area (Å²) in [5.41, 5.74) is 1.77. The number of rotatable bonds is 7. The molecular weight excluding hydrogens is 352 g/mol. The third-order valence-corrected chi connectivity index (χ3v) is 6.60. The van der Waals surface area contributed by atoms with E-state index in [0.717, 1.165) is 11.1 Å². The molecule has 1 aromatic rings. The van der Waals surface area contributed by atoms with Gasteiger partial charge in [-0.15, -0.1) is 6.58 Å². The average molecular weight is 381 g/mol. The molecule has 0 aromatic heterocycles. The first kappa shape index (κ1) is 20.6. The summed E-state index contributed by atoms with van der Waals surface area (Å²) in [5, 5.41) is 0. The highest BCUT2D eigenvalue weighted by molar-refractivity contribution is 7.89. The summed E-state index contributed by atoms with van der Waals surface area (Å²) in [7, 11) is -3.54. The van der Waals surface area contributed by atoms with E-state index in [2.05, 4.69) is 6.58 Å². The van der Waals surface area contributed by atoms with Gasteiger partial charge in [-0.2, -0.15) is 4.31 Å². The molecule has 0 N–H and O–H groups in total. The maximum atomic E-state index is 12.9. The second-order valence-corrected chi connectivity index (χ2v) is 8.50. The summed E-state index contributed by atoms with van der Waals surface area (Å²) in [6.07, 6.45) is 1.91. The Kier molecular flexibility index (Phi) is 6.97. The lowest BCUT2D eigenvalue weighted by Crippen LogP contribution is -2.52. The first-order valence-corrected chi connectivity index (χ1v) is 10.3. The van der Waals surface area contributed by atoms with Crippen molar-refractivity contribution in [3.05, 3.63) is 42.0 Å². The maximum absolute atomic E-state index is 12.9. The Bertz CT molecular complexity index is 753. The lowest BCUT2D eigenvalue weighted by Gasteiger charge is -2.35. The molecule has 1 aliphatic rings. The number of hydrogen-bond donors (Lipinski definition) is 0. The van der Waals surface area contributed by atoms with Crippen molar-refractivity contribution in [1.29, 1.82) is 0 Å². The van der Waals surface area contributed by atoms with Crippen LogP contribution in [0.1, 0.15) is 24.5 Å². The van der Waals surface area contributed by atoms with Gasteiger partial charge in [-0.3, -0.25) is 4.79 Å². The van der Waals surface area contributed by atoms with Gasteiger partial charge < -0.3 is 9.64 Å². The number of ether oxygens (including phenoxy) is 1. The van der Waals surface area contributed by atoms with Crippen LogP contribution in [0.25, 0.3) is 0 Å². The molecule has 144 valence electrons. The molecule has 0 bridgehead atoms. The molecule has 0 radical (unpaired) electrons. The van der Waals surface area contributed by atoms with Gasteiger partial charge in [0.2, 0.25) is 10.0 Å². The molecule has 1 aliphatic heterocycles. The molecule has 1 aromatic carbocycles. The van der Waals surface area contributed by atoms with E-state index in [1.807, 2.05) is 26.0 Å². The van der Waals surface area contributed by atoms with Crippen LogP contribution in [-0.4, -0.2) is 62.4 Å². The van der Waals surface area contributed by atoms with Crippen molar-refractivity contribution in [2.45, 2.75) is 38.2 Å².